The lowest BCUT2D eigenvalue weighted by atomic mass is 10.1. The molecule has 2 atom stereocenters. The van der Waals surface area contributed by atoms with Crippen molar-refractivity contribution in [2.75, 3.05) is 40.0 Å². The maximum Gasteiger partial charge on any atom is 0.409 e. The van der Waals surface area contributed by atoms with Crippen molar-refractivity contribution in [3.8, 4) is 34.3 Å². The maximum atomic E-state index is 12.3. The zero-order valence-electron chi connectivity index (χ0n) is 24.2. The largest absolute Gasteiger partial charge is 0.491 e. The minimum atomic E-state index is -0.666. The molecule has 3 heterocycles. The topological polar surface area (TPSA) is 132 Å². The molecule has 4 rings (SSSR count). The van der Waals surface area contributed by atoms with Crippen molar-refractivity contribution >= 4 is 17.7 Å². The van der Waals surface area contributed by atoms with Crippen LogP contribution in [-0.2, 0) is 4.74 Å². The summed E-state index contributed by atoms with van der Waals surface area (Å²) in [6.45, 7) is 9.27. The highest BCUT2D eigenvalue weighted by Crippen LogP contribution is 2.37. The number of aryl methyl sites for hydroxylation is 2. The van der Waals surface area contributed by atoms with Gasteiger partial charge in [0.05, 0.1) is 35.2 Å². The van der Waals surface area contributed by atoms with Gasteiger partial charge in [0, 0.05) is 36.7 Å². The molecular formula is C29H38ClN5O6. The number of carbonyl (C=O) groups excluding carboxylic acids is 1. The summed E-state index contributed by atoms with van der Waals surface area (Å²) in [6.07, 6.45) is 1.51. The number of carbonyl (C=O) groups is 1. The Morgan fingerprint density at radius 3 is 2.78 bits per heavy atom. The van der Waals surface area contributed by atoms with Gasteiger partial charge >= 0.3 is 6.09 Å². The Hall–Kier alpha value is -3.41. The smallest absolute Gasteiger partial charge is 0.409 e. The van der Waals surface area contributed by atoms with Gasteiger partial charge in [-0.1, -0.05) is 16.8 Å². The molecule has 1 aromatic carbocycles. The SMILES string of the molecule is CCOC(=O)N1CCCC1CCOc1nc(-c2cc(OCC(O)CNC)ccc2Cl)nc(-c2c(C)noc2C)c1C. The Morgan fingerprint density at radius 2 is 2.07 bits per heavy atom. The fraction of sp³-hybridized carbons (Fsp3) is 0.517. The molecule has 0 saturated carbocycles. The van der Waals surface area contributed by atoms with Gasteiger partial charge < -0.3 is 34.1 Å². The summed E-state index contributed by atoms with van der Waals surface area (Å²) in [6, 6.07) is 5.23. The first-order valence-corrected chi connectivity index (χ1v) is 14.2. The molecule has 0 radical (unpaired) electrons. The lowest BCUT2D eigenvalue weighted by Crippen LogP contribution is -2.36. The first-order valence-electron chi connectivity index (χ1n) is 13.9. The first kappa shape index (κ1) is 30.5. The molecular weight excluding hydrogens is 550 g/mol. The quantitative estimate of drug-likeness (QED) is 0.306. The van der Waals surface area contributed by atoms with Gasteiger partial charge in [-0.15, -0.1) is 0 Å². The van der Waals surface area contributed by atoms with Gasteiger partial charge in [-0.25, -0.2) is 9.78 Å². The van der Waals surface area contributed by atoms with Crippen LogP contribution in [-0.4, -0.2) is 83.3 Å². The molecule has 0 spiro atoms. The number of aliphatic hydroxyl groups is 1. The molecule has 2 N–H and O–H groups in total. The normalized spacial score (nSPS) is 15.7. The number of benzene rings is 1. The van der Waals surface area contributed by atoms with Crippen molar-refractivity contribution in [1.82, 2.24) is 25.3 Å². The first-order chi connectivity index (χ1) is 19.7. The average molecular weight is 588 g/mol. The molecule has 41 heavy (non-hydrogen) atoms. The van der Waals surface area contributed by atoms with E-state index in [-0.39, 0.29) is 18.7 Å². The third-order valence-corrected chi connectivity index (χ3v) is 7.33. The fourth-order valence-electron chi connectivity index (χ4n) is 4.95. The van der Waals surface area contributed by atoms with Crippen molar-refractivity contribution in [1.29, 1.82) is 0 Å². The van der Waals surface area contributed by atoms with Crippen molar-refractivity contribution in [2.24, 2.45) is 0 Å². The Morgan fingerprint density at radius 1 is 1.27 bits per heavy atom. The van der Waals surface area contributed by atoms with Crippen LogP contribution >= 0.6 is 11.6 Å². The summed E-state index contributed by atoms with van der Waals surface area (Å²) in [5, 5.41) is 17.5. The summed E-state index contributed by atoms with van der Waals surface area (Å²) in [5.41, 5.74) is 3.37. The number of aliphatic hydroxyl groups excluding tert-OH is 1. The van der Waals surface area contributed by atoms with E-state index in [1.807, 2.05) is 20.8 Å². The van der Waals surface area contributed by atoms with E-state index in [0.717, 1.165) is 24.0 Å². The highest BCUT2D eigenvalue weighted by atomic mass is 35.5. The molecule has 222 valence electrons. The van der Waals surface area contributed by atoms with E-state index in [1.54, 1.807) is 37.1 Å². The van der Waals surface area contributed by atoms with Crippen LogP contribution in [0, 0.1) is 20.8 Å². The third kappa shape index (κ3) is 7.27. The molecule has 0 aliphatic carbocycles. The number of nitrogens with one attached hydrogen (secondary N) is 1. The third-order valence-electron chi connectivity index (χ3n) is 7.00. The van der Waals surface area contributed by atoms with Crippen molar-refractivity contribution in [3.63, 3.8) is 0 Å². The standard InChI is InChI=1S/C29H38ClN5O6/c1-6-38-29(37)35-12-7-8-20(35)11-13-39-28-17(2)26(25-18(3)34-41-19(25)4)32-27(33-28)23-14-22(9-10-24(23)30)40-16-21(36)15-31-5/h9-10,14,20-21,31,36H,6-8,11-13,15-16H2,1-5H3. The van der Waals surface area contributed by atoms with Crippen LogP contribution in [0.2, 0.25) is 5.02 Å². The predicted molar refractivity (Wildman–Crippen MR) is 154 cm³/mol. The zero-order valence-corrected chi connectivity index (χ0v) is 25.0. The second-order valence-corrected chi connectivity index (χ2v) is 10.4. The van der Waals surface area contributed by atoms with Crippen molar-refractivity contribution < 1.29 is 28.6 Å². The van der Waals surface area contributed by atoms with Crippen LogP contribution in [0.5, 0.6) is 11.6 Å². The summed E-state index contributed by atoms with van der Waals surface area (Å²) in [5.74, 6) is 1.89. The van der Waals surface area contributed by atoms with Crippen LogP contribution in [0.1, 0.15) is 43.2 Å². The Kier molecular flexibility index (Phi) is 10.4. The molecule has 2 aromatic heterocycles. The molecule has 12 heteroatoms. The van der Waals surface area contributed by atoms with Gasteiger partial charge in [-0.3, -0.25) is 0 Å². The van der Waals surface area contributed by atoms with E-state index in [2.05, 4.69) is 10.5 Å². The van der Waals surface area contributed by atoms with Crippen molar-refractivity contribution in [2.45, 2.75) is 59.1 Å². The number of likely N-dealkylation sites (N-methyl/N-ethyl adjacent to an activating group) is 1. The average Bonchev–Trinajstić information content (AvgIpc) is 3.55. The molecule has 1 saturated heterocycles. The zero-order chi connectivity index (χ0) is 29.5. The summed E-state index contributed by atoms with van der Waals surface area (Å²) in [4.78, 5) is 23.8. The minimum absolute atomic E-state index is 0.0410. The number of ether oxygens (including phenoxy) is 3. The lowest BCUT2D eigenvalue weighted by Gasteiger charge is -2.24. The van der Waals surface area contributed by atoms with E-state index >= 15 is 0 Å². The van der Waals surface area contributed by atoms with E-state index in [9.17, 15) is 9.90 Å². The number of rotatable bonds is 12. The van der Waals surface area contributed by atoms with Crippen LogP contribution in [0.15, 0.2) is 22.7 Å². The second-order valence-electron chi connectivity index (χ2n) is 10.0. The number of hydrogen-bond acceptors (Lipinski definition) is 10. The number of halogens is 1. The molecule has 3 aromatic rings. The second kappa shape index (κ2) is 14.0. The number of hydrogen-bond donors (Lipinski definition) is 2. The Balaban J connectivity index is 1.64. The van der Waals surface area contributed by atoms with Gasteiger partial charge in [-0.05, 0) is 65.8 Å². The molecule has 1 aliphatic rings. The van der Waals surface area contributed by atoms with Gasteiger partial charge in [0.2, 0.25) is 5.88 Å². The van der Waals surface area contributed by atoms with Gasteiger partial charge in [0.1, 0.15) is 24.2 Å². The highest BCUT2D eigenvalue weighted by molar-refractivity contribution is 6.33. The lowest BCUT2D eigenvalue weighted by molar-refractivity contribution is 0.0981. The highest BCUT2D eigenvalue weighted by Gasteiger charge is 2.30. The van der Waals surface area contributed by atoms with E-state index in [0.29, 0.717) is 77.9 Å². The Labute approximate surface area is 245 Å². The monoisotopic (exact) mass is 587 g/mol. The summed E-state index contributed by atoms with van der Waals surface area (Å²) >= 11 is 6.62. The van der Waals surface area contributed by atoms with E-state index in [4.69, 9.17) is 40.3 Å². The molecule has 0 bridgehead atoms. The van der Waals surface area contributed by atoms with Crippen LogP contribution in [0.25, 0.3) is 22.6 Å². The van der Waals surface area contributed by atoms with Crippen LogP contribution in [0.3, 0.4) is 0 Å². The molecule has 1 fully saturated rings. The summed E-state index contributed by atoms with van der Waals surface area (Å²) < 4.78 is 22.7. The molecule has 11 nitrogen and oxygen atoms in total. The minimum Gasteiger partial charge on any atom is -0.491 e. The number of amides is 1. The van der Waals surface area contributed by atoms with Crippen LogP contribution in [0.4, 0.5) is 4.79 Å². The van der Waals surface area contributed by atoms with Gasteiger partial charge in [-0.2, -0.15) is 4.98 Å². The van der Waals surface area contributed by atoms with Crippen LogP contribution < -0.4 is 14.8 Å². The van der Waals surface area contributed by atoms with E-state index < -0.39 is 6.10 Å². The maximum absolute atomic E-state index is 12.3. The van der Waals surface area contributed by atoms with Gasteiger partial charge in [0.15, 0.2) is 5.82 Å². The predicted octanol–water partition coefficient (Wildman–Crippen LogP) is 4.73. The molecule has 1 amide bonds. The molecule has 1 aliphatic heterocycles. The Bertz CT molecular complexity index is 1330. The summed E-state index contributed by atoms with van der Waals surface area (Å²) in [7, 11) is 1.76. The number of nitrogens with zero attached hydrogens (tertiary/aromatic N) is 4. The van der Waals surface area contributed by atoms with Gasteiger partial charge in [0.25, 0.3) is 0 Å². The molecule has 2 unspecified atom stereocenters. The number of likely N-dealkylation sites (tertiary alicyclic amines) is 1. The van der Waals surface area contributed by atoms with E-state index in [1.165, 1.54) is 0 Å². The fourth-order valence-corrected chi connectivity index (χ4v) is 5.15. The van der Waals surface area contributed by atoms with Crippen molar-refractivity contribution in [3.05, 3.63) is 40.2 Å². The number of aromatic nitrogens is 3.